The first-order valence-corrected chi connectivity index (χ1v) is 8.35. The van der Waals surface area contributed by atoms with Gasteiger partial charge in [-0.05, 0) is 48.5 Å². The van der Waals surface area contributed by atoms with Crippen LogP contribution in [-0.4, -0.2) is 17.9 Å². The van der Waals surface area contributed by atoms with E-state index in [1.54, 1.807) is 43.5 Å². The highest BCUT2D eigenvalue weighted by Gasteiger charge is 2.08. The second-order valence-electron chi connectivity index (χ2n) is 5.62. The van der Waals surface area contributed by atoms with Crippen LogP contribution in [0.5, 0.6) is 5.75 Å². The molecule has 0 spiro atoms. The minimum Gasteiger partial charge on any atom is -0.497 e. The van der Waals surface area contributed by atoms with Gasteiger partial charge in [-0.25, -0.2) is 0 Å². The number of para-hydroxylation sites is 1. The van der Waals surface area contributed by atoms with Gasteiger partial charge in [0.15, 0.2) is 0 Å². The molecule has 0 aliphatic carbocycles. The van der Waals surface area contributed by atoms with E-state index in [2.05, 4.69) is 20.8 Å². The summed E-state index contributed by atoms with van der Waals surface area (Å²) in [6.07, 6.45) is 0. The molecular weight excluding hydrogens is 358 g/mol. The molecule has 0 unspecified atom stereocenters. The van der Waals surface area contributed by atoms with E-state index in [0.717, 1.165) is 5.69 Å². The lowest BCUT2D eigenvalue weighted by atomic mass is 10.2. The number of methoxy groups -OCH3 is 1. The summed E-state index contributed by atoms with van der Waals surface area (Å²) < 4.78 is 5.12. The molecule has 0 heterocycles. The monoisotopic (exact) mass is 375 g/mol. The molecular formula is C20H17N5O3. The summed E-state index contributed by atoms with van der Waals surface area (Å²) >= 11 is 0. The topological polar surface area (TPSA) is 101 Å². The molecule has 1 N–H and O–H groups in total. The number of hydrogen-bond donors (Lipinski definition) is 1. The quantitative estimate of drug-likeness (QED) is 0.211. The molecule has 140 valence electrons. The third-order valence-corrected chi connectivity index (χ3v) is 3.73. The fraction of sp³-hybridized carbons (Fsp3) is 0.0500. The molecule has 0 bridgehead atoms. The summed E-state index contributed by atoms with van der Waals surface area (Å²) in [5.41, 5.74) is 4.90. The van der Waals surface area contributed by atoms with Crippen molar-refractivity contribution in [3.05, 3.63) is 94.5 Å². The number of ether oxygens (including phenoxy) is 1. The van der Waals surface area contributed by atoms with Crippen molar-refractivity contribution in [2.75, 3.05) is 12.5 Å². The van der Waals surface area contributed by atoms with Gasteiger partial charge in [0.1, 0.15) is 5.75 Å². The third-order valence-electron chi connectivity index (χ3n) is 3.73. The van der Waals surface area contributed by atoms with E-state index in [-0.39, 0.29) is 11.5 Å². The van der Waals surface area contributed by atoms with Crippen molar-refractivity contribution in [1.29, 1.82) is 0 Å². The van der Waals surface area contributed by atoms with Gasteiger partial charge < -0.3 is 4.74 Å². The van der Waals surface area contributed by atoms with Crippen molar-refractivity contribution < 1.29 is 9.66 Å². The molecule has 3 aromatic rings. The number of anilines is 1. The first kappa shape index (κ1) is 18.7. The number of non-ortho nitro benzene ring substituents is 1. The van der Waals surface area contributed by atoms with Gasteiger partial charge in [-0.15, -0.1) is 10.2 Å². The number of azo groups is 1. The fourth-order valence-corrected chi connectivity index (χ4v) is 2.26. The first-order valence-electron chi connectivity index (χ1n) is 8.35. The van der Waals surface area contributed by atoms with Gasteiger partial charge in [-0.3, -0.25) is 15.5 Å². The Morgan fingerprint density at radius 2 is 1.64 bits per heavy atom. The van der Waals surface area contributed by atoms with Crippen molar-refractivity contribution >= 4 is 22.9 Å². The third kappa shape index (κ3) is 4.98. The molecule has 0 aromatic heterocycles. The normalized spacial score (nSPS) is 11.4. The van der Waals surface area contributed by atoms with E-state index < -0.39 is 4.92 Å². The Hall–Kier alpha value is -4.07. The molecule has 0 saturated carbocycles. The number of nitro benzene ring substituents is 1. The molecule has 0 aliphatic rings. The number of hydrazone groups is 1. The summed E-state index contributed by atoms with van der Waals surface area (Å²) in [6, 6.07) is 22.4. The van der Waals surface area contributed by atoms with E-state index in [1.165, 1.54) is 12.1 Å². The van der Waals surface area contributed by atoms with Crippen LogP contribution in [0.25, 0.3) is 0 Å². The molecule has 0 aliphatic heterocycles. The summed E-state index contributed by atoms with van der Waals surface area (Å²) in [7, 11) is 1.59. The highest BCUT2D eigenvalue weighted by atomic mass is 16.6. The summed E-state index contributed by atoms with van der Waals surface area (Å²) in [5.74, 6) is 1.00. The second-order valence-corrected chi connectivity index (χ2v) is 5.62. The highest BCUT2D eigenvalue weighted by molar-refractivity contribution is 5.99. The Labute approximate surface area is 161 Å². The van der Waals surface area contributed by atoms with Crippen LogP contribution in [0, 0.1) is 10.1 Å². The van der Waals surface area contributed by atoms with Gasteiger partial charge in [0.05, 0.1) is 23.4 Å². The fourth-order valence-electron chi connectivity index (χ4n) is 2.26. The Kier molecular flexibility index (Phi) is 6.04. The van der Waals surface area contributed by atoms with Crippen LogP contribution in [0.2, 0.25) is 0 Å². The number of benzene rings is 3. The number of hydrogen-bond acceptors (Lipinski definition) is 6. The number of nitro groups is 1. The number of nitrogens with one attached hydrogen (secondary N) is 1. The van der Waals surface area contributed by atoms with Gasteiger partial charge >= 0.3 is 0 Å². The molecule has 0 saturated heterocycles. The standard InChI is InChI=1S/C20H17N5O3/c1-28-19-13-9-17(10-14-19)22-24-20(23-21-16-5-3-2-4-6-16)15-7-11-18(12-8-15)25(26)27/h2-14,21H,1H3. The van der Waals surface area contributed by atoms with E-state index >= 15 is 0 Å². The summed E-state index contributed by atoms with van der Waals surface area (Å²) in [5, 5.41) is 23.6. The molecule has 0 atom stereocenters. The lowest BCUT2D eigenvalue weighted by Crippen LogP contribution is -2.01. The minimum atomic E-state index is -0.457. The Bertz CT molecular complexity index is 985. The maximum Gasteiger partial charge on any atom is 0.269 e. The average Bonchev–Trinajstić information content (AvgIpc) is 2.75. The molecule has 0 amide bonds. The van der Waals surface area contributed by atoms with E-state index in [1.807, 2.05) is 30.3 Å². The van der Waals surface area contributed by atoms with Crippen LogP contribution in [-0.2, 0) is 0 Å². The summed E-state index contributed by atoms with van der Waals surface area (Å²) in [4.78, 5) is 10.4. The molecule has 3 aromatic carbocycles. The van der Waals surface area contributed by atoms with Crippen LogP contribution in [0.15, 0.2) is 94.2 Å². The average molecular weight is 375 g/mol. The molecule has 8 heteroatoms. The zero-order valence-corrected chi connectivity index (χ0v) is 15.0. The number of nitrogens with zero attached hydrogens (tertiary/aromatic N) is 4. The predicted molar refractivity (Wildman–Crippen MR) is 107 cm³/mol. The smallest absolute Gasteiger partial charge is 0.269 e. The van der Waals surface area contributed by atoms with E-state index in [9.17, 15) is 10.1 Å². The number of amidine groups is 1. The van der Waals surface area contributed by atoms with E-state index in [0.29, 0.717) is 17.0 Å². The zero-order valence-electron chi connectivity index (χ0n) is 15.0. The van der Waals surface area contributed by atoms with Gasteiger partial charge in [0, 0.05) is 17.7 Å². The van der Waals surface area contributed by atoms with Gasteiger partial charge in [-0.2, -0.15) is 5.10 Å². The first-order chi connectivity index (χ1) is 13.7. The maximum atomic E-state index is 10.9. The Balaban J connectivity index is 1.88. The van der Waals surface area contributed by atoms with Gasteiger partial charge in [0.2, 0.25) is 5.84 Å². The van der Waals surface area contributed by atoms with Gasteiger partial charge in [0.25, 0.3) is 5.69 Å². The van der Waals surface area contributed by atoms with Gasteiger partial charge in [-0.1, -0.05) is 18.2 Å². The second kappa shape index (κ2) is 9.04. The maximum absolute atomic E-state index is 10.9. The van der Waals surface area contributed by atoms with Crippen molar-refractivity contribution in [3.8, 4) is 5.75 Å². The summed E-state index contributed by atoms with van der Waals surface area (Å²) in [6.45, 7) is 0. The zero-order chi connectivity index (χ0) is 19.8. The van der Waals surface area contributed by atoms with Crippen molar-refractivity contribution in [2.45, 2.75) is 0 Å². The largest absolute Gasteiger partial charge is 0.497 e. The molecule has 3 rings (SSSR count). The lowest BCUT2D eigenvalue weighted by molar-refractivity contribution is -0.384. The van der Waals surface area contributed by atoms with Crippen molar-refractivity contribution in [1.82, 2.24) is 0 Å². The molecule has 28 heavy (non-hydrogen) atoms. The minimum absolute atomic E-state index is 0.00814. The molecule has 0 radical (unpaired) electrons. The van der Waals surface area contributed by atoms with Crippen LogP contribution in [0.3, 0.4) is 0 Å². The molecule has 8 nitrogen and oxygen atoms in total. The van der Waals surface area contributed by atoms with Crippen LogP contribution < -0.4 is 10.2 Å². The Morgan fingerprint density at radius 1 is 0.964 bits per heavy atom. The number of rotatable bonds is 6. The lowest BCUT2D eigenvalue weighted by Gasteiger charge is -2.03. The Morgan fingerprint density at radius 3 is 2.25 bits per heavy atom. The highest BCUT2D eigenvalue weighted by Crippen LogP contribution is 2.19. The van der Waals surface area contributed by atoms with Crippen LogP contribution >= 0.6 is 0 Å². The SMILES string of the molecule is COc1ccc(N=NC(=NNc2ccccc2)c2ccc([N+](=O)[O-])cc2)cc1. The van der Waals surface area contributed by atoms with E-state index in [4.69, 9.17) is 4.74 Å². The van der Waals surface area contributed by atoms with Crippen molar-refractivity contribution in [2.24, 2.45) is 15.3 Å². The molecule has 0 fully saturated rings. The predicted octanol–water partition coefficient (Wildman–Crippen LogP) is 5.16. The van der Waals surface area contributed by atoms with Crippen LogP contribution in [0.1, 0.15) is 5.56 Å². The van der Waals surface area contributed by atoms with Crippen molar-refractivity contribution in [3.63, 3.8) is 0 Å². The van der Waals surface area contributed by atoms with Crippen LogP contribution in [0.4, 0.5) is 17.1 Å².